The summed E-state index contributed by atoms with van der Waals surface area (Å²) >= 11 is 0. The lowest BCUT2D eigenvalue weighted by atomic mass is 9.88. The van der Waals surface area contributed by atoms with Gasteiger partial charge in [0.15, 0.2) is 5.92 Å². The van der Waals surface area contributed by atoms with Crippen LogP contribution in [0.5, 0.6) is 11.5 Å². The number of nitrogens with zero attached hydrogens (tertiary/aromatic N) is 3. The van der Waals surface area contributed by atoms with Crippen molar-refractivity contribution in [1.29, 1.82) is 0 Å². The first-order chi connectivity index (χ1) is 18.1. The Morgan fingerprint density at radius 3 is 2.46 bits per heavy atom. The molecule has 2 atom stereocenters. The van der Waals surface area contributed by atoms with E-state index in [2.05, 4.69) is 0 Å². The van der Waals surface area contributed by atoms with Gasteiger partial charge in [0.05, 0.1) is 37.9 Å². The van der Waals surface area contributed by atoms with E-state index in [1.807, 2.05) is 65.2 Å². The topological polar surface area (TPSA) is 82.9 Å². The van der Waals surface area contributed by atoms with Gasteiger partial charge in [0.25, 0.3) is 0 Å². The lowest BCUT2D eigenvalue weighted by molar-refractivity contribution is -0.153. The van der Waals surface area contributed by atoms with E-state index in [0.29, 0.717) is 36.0 Å². The fraction of sp³-hybridized carbons (Fsp3) is 0.276. The first-order valence-corrected chi connectivity index (χ1v) is 12.3. The summed E-state index contributed by atoms with van der Waals surface area (Å²) in [6, 6.07) is 22.3. The lowest BCUT2D eigenvalue weighted by Gasteiger charge is -2.38. The number of hydrogen-bond donors (Lipinski definition) is 0. The highest BCUT2D eigenvalue weighted by atomic mass is 16.5. The maximum Gasteiger partial charge on any atom is 0.321 e. The van der Waals surface area contributed by atoms with E-state index in [-0.39, 0.29) is 12.5 Å². The quantitative estimate of drug-likeness (QED) is 0.264. The summed E-state index contributed by atoms with van der Waals surface area (Å²) in [5.74, 6) is -0.444. The third-order valence-electron chi connectivity index (χ3n) is 6.71. The molecule has 8 nitrogen and oxygen atoms in total. The molecule has 190 valence electrons. The molecule has 0 unspecified atom stereocenters. The molecule has 1 aromatic heterocycles. The van der Waals surface area contributed by atoms with Crippen LogP contribution in [0.2, 0.25) is 0 Å². The third-order valence-corrected chi connectivity index (χ3v) is 6.71. The molecule has 8 heteroatoms. The number of para-hydroxylation sites is 2. The van der Waals surface area contributed by atoms with Gasteiger partial charge >= 0.3 is 5.97 Å². The zero-order chi connectivity index (χ0) is 25.9. The van der Waals surface area contributed by atoms with Crippen LogP contribution >= 0.6 is 0 Å². The normalized spacial score (nSPS) is 16.9. The van der Waals surface area contributed by atoms with Crippen LogP contribution in [0.4, 0.5) is 5.95 Å². The molecule has 0 saturated carbocycles. The largest absolute Gasteiger partial charge is 0.497 e. The number of benzene rings is 3. The van der Waals surface area contributed by atoms with E-state index in [0.717, 1.165) is 16.6 Å². The van der Waals surface area contributed by atoms with E-state index in [1.54, 1.807) is 38.2 Å². The summed E-state index contributed by atoms with van der Waals surface area (Å²) in [5, 5.41) is 0. The minimum Gasteiger partial charge on any atom is -0.497 e. The summed E-state index contributed by atoms with van der Waals surface area (Å²) in [5.41, 5.74) is 3.30. The Hall–Kier alpha value is -4.33. The lowest BCUT2D eigenvalue weighted by Crippen LogP contribution is -2.50. The zero-order valence-corrected chi connectivity index (χ0v) is 21.1. The molecule has 0 fully saturated rings. The summed E-state index contributed by atoms with van der Waals surface area (Å²) in [7, 11) is 3.13. The molecular formula is C29H29N3O5. The van der Waals surface area contributed by atoms with Crippen molar-refractivity contribution in [3.05, 3.63) is 83.9 Å². The molecular weight excluding hydrogens is 470 g/mol. The number of rotatable bonds is 8. The molecule has 4 aromatic rings. The number of carbonyl (C=O) groups is 2. The van der Waals surface area contributed by atoms with Gasteiger partial charge in [0.2, 0.25) is 11.9 Å². The number of anilines is 1. The highest BCUT2D eigenvalue weighted by Gasteiger charge is 2.48. The van der Waals surface area contributed by atoms with Crippen molar-refractivity contribution < 1.29 is 23.8 Å². The maximum absolute atomic E-state index is 14.1. The predicted octanol–water partition coefficient (Wildman–Crippen LogP) is 4.41. The Labute approximate surface area is 215 Å². The van der Waals surface area contributed by atoms with E-state index >= 15 is 0 Å². The van der Waals surface area contributed by atoms with E-state index in [9.17, 15) is 9.59 Å². The molecule has 0 saturated heterocycles. The molecule has 0 N–H and O–H groups in total. The van der Waals surface area contributed by atoms with Crippen molar-refractivity contribution in [2.75, 3.05) is 32.3 Å². The Balaban J connectivity index is 1.71. The molecule has 37 heavy (non-hydrogen) atoms. The Morgan fingerprint density at radius 2 is 1.73 bits per heavy atom. The molecule has 3 aromatic carbocycles. The number of fused-ring (bicyclic) bond motifs is 3. The second kappa shape index (κ2) is 10.3. The van der Waals surface area contributed by atoms with Gasteiger partial charge in [-0.2, -0.15) is 0 Å². The summed E-state index contributed by atoms with van der Waals surface area (Å²) < 4.78 is 18.5. The van der Waals surface area contributed by atoms with Crippen molar-refractivity contribution in [2.45, 2.75) is 19.4 Å². The first kappa shape index (κ1) is 24.4. The van der Waals surface area contributed by atoms with E-state index in [4.69, 9.17) is 19.2 Å². The fourth-order valence-corrected chi connectivity index (χ4v) is 4.99. The van der Waals surface area contributed by atoms with Gasteiger partial charge in [-0.3, -0.25) is 14.5 Å². The Kier molecular flexibility index (Phi) is 6.81. The number of imidazole rings is 1. The molecule has 2 heterocycles. The van der Waals surface area contributed by atoms with Crippen LogP contribution < -0.4 is 14.4 Å². The monoisotopic (exact) mass is 499 g/mol. The minimum absolute atomic E-state index is 0.163. The minimum atomic E-state index is -1.12. The van der Waals surface area contributed by atoms with Crippen molar-refractivity contribution in [1.82, 2.24) is 9.55 Å². The number of methoxy groups -OCH3 is 2. The molecule has 1 aliphatic rings. The highest BCUT2D eigenvalue weighted by Crippen LogP contribution is 2.44. The summed E-state index contributed by atoms with van der Waals surface area (Å²) in [6.45, 7) is 2.27. The van der Waals surface area contributed by atoms with Gasteiger partial charge in [-0.15, -0.1) is 0 Å². The van der Waals surface area contributed by atoms with Crippen LogP contribution in [0, 0.1) is 5.92 Å². The number of carbonyl (C=O) groups excluding carboxylic acids is 2. The van der Waals surface area contributed by atoms with Crippen LogP contribution in [0.15, 0.2) is 72.8 Å². The van der Waals surface area contributed by atoms with Gasteiger partial charge in [-0.1, -0.05) is 42.5 Å². The fourth-order valence-electron chi connectivity index (χ4n) is 4.99. The highest BCUT2D eigenvalue weighted by molar-refractivity contribution is 6.08. The third kappa shape index (κ3) is 4.39. The van der Waals surface area contributed by atoms with Gasteiger partial charge in [-0.25, -0.2) is 4.98 Å². The van der Waals surface area contributed by atoms with Gasteiger partial charge < -0.3 is 18.8 Å². The molecule has 0 bridgehead atoms. The van der Waals surface area contributed by atoms with Crippen molar-refractivity contribution in [3.63, 3.8) is 0 Å². The Morgan fingerprint density at radius 1 is 0.973 bits per heavy atom. The van der Waals surface area contributed by atoms with Crippen molar-refractivity contribution in [3.8, 4) is 11.5 Å². The molecule has 0 aliphatic carbocycles. The molecule has 5 rings (SSSR count). The molecule has 0 radical (unpaired) electrons. The SMILES string of the molecule is CCOC(=O)[C@@H]1C(=O)N(CCc2ccccc2)c2nc3ccccc3n2[C@@H]1c1ccc(OC)cc1OC. The van der Waals surface area contributed by atoms with Crippen molar-refractivity contribution in [2.24, 2.45) is 5.92 Å². The molecule has 1 amide bonds. The number of amides is 1. The van der Waals surface area contributed by atoms with Crippen LogP contribution in [-0.2, 0) is 20.7 Å². The van der Waals surface area contributed by atoms with E-state index < -0.39 is 17.9 Å². The average molecular weight is 500 g/mol. The standard InChI is InChI=1S/C29H29N3O5/c1-4-37-28(34)25-26(21-15-14-20(35-2)18-24(21)36-3)32-23-13-9-8-12-22(23)30-29(32)31(27(25)33)17-16-19-10-6-5-7-11-19/h5-15,18,25-26H,4,16-17H2,1-3H3/t25-,26+/m0/s1. The number of hydrogen-bond acceptors (Lipinski definition) is 6. The maximum atomic E-state index is 14.1. The van der Waals surface area contributed by atoms with Gasteiger partial charge in [0, 0.05) is 18.2 Å². The second-order valence-corrected chi connectivity index (χ2v) is 8.78. The number of ether oxygens (including phenoxy) is 3. The Bertz CT molecular complexity index is 1430. The van der Waals surface area contributed by atoms with E-state index in [1.165, 1.54) is 0 Å². The smallest absolute Gasteiger partial charge is 0.321 e. The number of aromatic nitrogens is 2. The predicted molar refractivity (Wildman–Crippen MR) is 140 cm³/mol. The van der Waals surface area contributed by atoms with Crippen LogP contribution in [0.25, 0.3) is 11.0 Å². The molecule has 0 spiro atoms. The second-order valence-electron chi connectivity index (χ2n) is 8.78. The summed E-state index contributed by atoms with van der Waals surface area (Å²) in [6.07, 6.45) is 0.613. The van der Waals surface area contributed by atoms with Crippen molar-refractivity contribution >= 4 is 28.9 Å². The zero-order valence-electron chi connectivity index (χ0n) is 21.1. The van der Waals surface area contributed by atoms with Gasteiger partial charge in [0.1, 0.15) is 11.5 Å². The van der Waals surface area contributed by atoms with Gasteiger partial charge in [-0.05, 0) is 43.2 Å². The average Bonchev–Trinajstić information content (AvgIpc) is 3.31. The first-order valence-electron chi connectivity index (χ1n) is 12.3. The van der Waals surface area contributed by atoms with Crippen LogP contribution in [0.3, 0.4) is 0 Å². The number of esters is 1. The molecule has 1 aliphatic heterocycles. The van der Waals surface area contributed by atoms with Crippen LogP contribution in [0.1, 0.15) is 24.1 Å². The van der Waals surface area contributed by atoms with Crippen LogP contribution in [-0.4, -0.2) is 48.8 Å². The summed E-state index contributed by atoms with van der Waals surface area (Å²) in [4.78, 5) is 34.0.